The van der Waals surface area contributed by atoms with Gasteiger partial charge >= 0.3 is 0 Å². The van der Waals surface area contributed by atoms with Crippen LogP contribution in [-0.2, 0) is 6.54 Å². The van der Waals surface area contributed by atoms with Crippen LogP contribution < -0.4 is 5.32 Å². The summed E-state index contributed by atoms with van der Waals surface area (Å²) < 4.78 is 13.3. The van der Waals surface area contributed by atoms with Gasteiger partial charge in [-0.05, 0) is 55.5 Å². The average molecular weight is 292 g/mol. The smallest absolute Gasteiger partial charge is 0.123 e. The van der Waals surface area contributed by atoms with Gasteiger partial charge in [0.05, 0.1) is 0 Å². The fourth-order valence-corrected chi connectivity index (χ4v) is 3.79. The molecule has 2 atom stereocenters. The summed E-state index contributed by atoms with van der Waals surface area (Å²) in [7, 11) is 2.14. The fraction of sp³-hybridized carbons (Fsp3) is 0.667. The van der Waals surface area contributed by atoms with E-state index in [4.69, 9.17) is 0 Å². The van der Waals surface area contributed by atoms with Crippen LogP contribution in [0.25, 0.3) is 0 Å². The van der Waals surface area contributed by atoms with Crippen LogP contribution in [0.15, 0.2) is 24.3 Å². The molecular formula is C18H29FN2. The van der Waals surface area contributed by atoms with Crippen LogP contribution >= 0.6 is 0 Å². The lowest BCUT2D eigenvalue weighted by Gasteiger charge is -2.33. The first-order valence-corrected chi connectivity index (χ1v) is 8.08. The Morgan fingerprint density at radius 3 is 2.81 bits per heavy atom. The van der Waals surface area contributed by atoms with E-state index in [1.807, 2.05) is 6.07 Å². The molecule has 0 amide bonds. The molecule has 3 heteroatoms. The molecule has 2 nitrogen and oxygen atoms in total. The fourth-order valence-electron chi connectivity index (χ4n) is 3.79. The summed E-state index contributed by atoms with van der Waals surface area (Å²) in [6, 6.07) is 7.51. The molecule has 1 aromatic rings. The third kappa shape index (κ3) is 4.27. The number of nitrogens with one attached hydrogen (secondary N) is 1. The van der Waals surface area contributed by atoms with Crippen LogP contribution in [0, 0.1) is 17.2 Å². The molecule has 0 spiro atoms. The third-order valence-electron chi connectivity index (χ3n) is 4.78. The first kappa shape index (κ1) is 16.4. The van der Waals surface area contributed by atoms with Gasteiger partial charge in [-0.25, -0.2) is 4.39 Å². The van der Waals surface area contributed by atoms with Crippen molar-refractivity contribution in [3.63, 3.8) is 0 Å². The maximum absolute atomic E-state index is 13.3. The molecular weight excluding hydrogens is 263 g/mol. The summed E-state index contributed by atoms with van der Waals surface area (Å²) in [5.74, 6) is 0.534. The van der Waals surface area contributed by atoms with Crippen molar-refractivity contribution in [2.75, 3.05) is 20.1 Å². The predicted molar refractivity (Wildman–Crippen MR) is 86.7 cm³/mol. The van der Waals surface area contributed by atoms with E-state index >= 15 is 0 Å². The summed E-state index contributed by atoms with van der Waals surface area (Å²) in [4.78, 5) is 2.32. The number of halogens is 1. The van der Waals surface area contributed by atoms with Crippen molar-refractivity contribution in [1.29, 1.82) is 0 Å². The second-order valence-electron chi connectivity index (χ2n) is 7.15. The summed E-state index contributed by atoms with van der Waals surface area (Å²) in [5, 5.41) is 3.68. The minimum absolute atomic E-state index is 0.145. The first-order valence-electron chi connectivity index (χ1n) is 8.08. The summed E-state index contributed by atoms with van der Waals surface area (Å²) in [6.07, 6.45) is 2.56. The molecule has 1 aliphatic carbocycles. The molecule has 0 heterocycles. The number of rotatable bonds is 6. The monoisotopic (exact) mass is 292 g/mol. The van der Waals surface area contributed by atoms with Gasteiger partial charge in [0, 0.05) is 19.1 Å². The topological polar surface area (TPSA) is 15.3 Å². The van der Waals surface area contributed by atoms with E-state index in [-0.39, 0.29) is 5.82 Å². The maximum atomic E-state index is 13.3. The zero-order valence-electron chi connectivity index (χ0n) is 13.8. The molecule has 2 rings (SSSR count). The van der Waals surface area contributed by atoms with Gasteiger partial charge in [0.25, 0.3) is 0 Å². The molecule has 0 saturated heterocycles. The molecule has 1 fully saturated rings. The lowest BCUT2D eigenvalue weighted by atomic mass is 9.84. The summed E-state index contributed by atoms with van der Waals surface area (Å²) >= 11 is 0. The Morgan fingerprint density at radius 2 is 2.14 bits per heavy atom. The molecule has 1 aromatic carbocycles. The van der Waals surface area contributed by atoms with Gasteiger partial charge in [-0.15, -0.1) is 0 Å². The Hall–Kier alpha value is -0.930. The van der Waals surface area contributed by atoms with Gasteiger partial charge < -0.3 is 10.2 Å². The lowest BCUT2D eigenvalue weighted by molar-refractivity contribution is 0.202. The molecule has 1 aliphatic rings. The van der Waals surface area contributed by atoms with Crippen LogP contribution in [0.2, 0.25) is 0 Å². The van der Waals surface area contributed by atoms with Crippen LogP contribution in [0.4, 0.5) is 4.39 Å². The second kappa shape index (κ2) is 6.89. The summed E-state index contributed by atoms with van der Waals surface area (Å²) in [5.41, 5.74) is 1.43. The van der Waals surface area contributed by atoms with Crippen molar-refractivity contribution in [3.05, 3.63) is 35.6 Å². The van der Waals surface area contributed by atoms with Crippen LogP contribution in [0.5, 0.6) is 0 Å². The Labute approximate surface area is 128 Å². The number of hydrogen-bond acceptors (Lipinski definition) is 2. The zero-order valence-corrected chi connectivity index (χ0v) is 13.8. The second-order valence-corrected chi connectivity index (χ2v) is 7.15. The molecule has 0 aliphatic heterocycles. The highest BCUT2D eigenvalue weighted by Crippen LogP contribution is 2.41. The van der Waals surface area contributed by atoms with Gasteiger partial charge in [-0.3, -0.25) is 0 Å². The highest BCUT2D eigenvalue weighted by Gasteiger charge is 2.41. The van der Waals surface area contributed by atoms with Crippen molar-refractivity contribution in [2.45, 2.75) is 46.2 Å². The third-order valence-corrected chi connectivity index (χ3v) is 4.78. The van der Waals surface area contributed by atoms with Crippen LogP contribution in [0.3, 0.4) is 0 Å². The van der Waals surface area contributed by atoms with E-state index in [1.165, 1.54) is 18.9 Å². The van der Waals surface area contributed by atoms with E-state index in [0.29, 0.717) is 17.4 Å². The Morgan fingerprint density at radius 1 is 1.38 bits per heavy atom. The van der Waals surface area contributed by atoms with Crippen molar-refractivity contribution in [3.8, 4) is 0 Å². The molecule has 2 unspecified atom stereocenters. The van der Waals surface area contributed by atoms with E-state index in [1.54, 1.807) is 12.1 Å². The van der Waals surface area contributed by atoms with E-state index in [0.717, 1.165) is 25.2 Å². The predicted octanol–water partition coefficient (Wildman–Crippen LogP) is 3.67. The summed E-state index contributed by atoms with van der Waals surface area (Å²) in [6.45, 7) is 9.82. The van der Waals surface area contributed by atoms with Crippen molar-refractivity contribution < 1.29 is 4.39 Å². The van der Waals surface area contributed by atoms with Gasteiger partial charge in [0.2, 0.25) is 0 Å². The van der Waals surface area contributed by atoms with Crippen LogP contribution in [-0.4, -0.2) is 31.1 Å². The molecule has 1 saturated carbocycles. The Kier molecular flexibility index (Phi) is 5.39. The molecule has 0 bridgehead atoms. The molecule has 21 heavy (non-hydrogen) atoms. The normalized spacial score (nSPS) is 24.7. The van der Waals surface area contributed by atoms with E-state index in [9.17, 15) is 4.39 Å². The van der Waals surface area contributed by atoms with Crippen LogP contribution in [0.1, 0.15) is 39.2 Å². The number of hydrogen-bond donors (Lipinski definition) is 1. The highest BCUT2D eigenvalue weighted by atomic mass is 19.1. The molecule has 0 radical (unpaired) electrons. The van der Waals surface area contributed by atoms with Gasteiger partial charge in [0.1, 0.15) is 5.82 Å². The van der Waals surface area contributed by atoms with E-state index < -0.39 is 0 Å². The standard InChI is InChI=1S/C18H29FN2/c1-5-20-17-15(9-10-18(17,2)3)13-21(4)12-14-7-6-8-16(19)11-14/h6-8,11,15,17,20H,5,9-10,12-13H2,1-4H3. The highest BCUT2D eigenvalue weighted by molar-refractivity contribution is 5.16. The Balaban J connectivity index is 1.94. The average Bonchev–Trinajstić information content (AvgIpc) is 2.66. The first-order chi connectivity index (χ1) is 9.92. The van der Waals surface area contributed by atoms with Gasteiger partial charge in [-0.2, -0.15) is 0 Å². The van der Waals surface area contributed by atoms with Crippen molar-refractivity contribution in [2.24, 2.45) is 11.3 Å². The molecule has 118 valence electrons. The number of benzene rings is 1. The number of nitrogens with zero attached hydrogens (tertiary/aromatic N) is 1. The molecule has 1 N–H and O–H groups in total. The van der Waals surface area contributed by atoms with Gasteiger partial charge in [-0.1, -0.05) is 32.9 Å². The lowest BCUT2D eigenvalue weighted by Crippen LogP contribution is -2.45. The van der Waals surface area contributed by atoms with Crippen molar-refractivity contribution in [1.82, 2.24) is 10.2 Å². The minimum atomic E-state index is -0.145. The van der Waals surface area contributed by atoms with Crippen molar-refractivity contribution >= 4 is 0 Å². The largest absolute Gasteiger partial charge is 0.313 e. The Bertz CT molecular complexity index is 458. The minimum Gasteiger partial charge on any atom is -0.313 e. The maximum Gasteiger partial charge on any atom is 0.123 e. The molecule has 0 aromatic heterocycles. The zero-order chi connectivity index (χ0) is 15.5. The SMILES string of the molecule is CCNC1C(CN(C)Cc2cccc(F)c2)CCC1(C)C. The van der Waals surface area contributed by atoms with E-state index in [2.05, 4.69) is 38.0 Å². The van der Waals surface area contributed by atoms with Gasteiger partial charge in [0.15, 0.2) is 0 Å². The quantitative estimate of drug-likeness (QED) is 0.860.